The highest BCUT2D eigenvalue weighted by Crippen LogP contribution is 2.44. The molecular formula is C42H41N5O13S2. The van der Waals surface area contributed by atoms with Crippen molar-refractivity contribution in [2.24, 2.45) is 4.99 Å². The fraction of sp³-hybridized carbons (Fsp3) is 0.262. The van der Waals surface area contributed by atoms with Crippen molar-refractivity contribution in [3.05, 3.63) is 107 Å². The normalized spacial score (nSPS) is 19.4. The largest absolute Gasteiger partial charge is 0.497 e. The predicted octanol–water partition coefficient (Wildman–Crippen LogP) is 5.22. The Morgan fingerprint density at radius 1 is 0.726 bits per heavy atom. The molecule has 4 aliphatic heterocycles. The van der Waals surface area contributed by atoms with Gasteiger partial charge < -0.3 is 44.5 Å². The van der Waals surface area contributed by atoms with E-state index in [1.165, 1.54) is 61.6 Å². The van der Waals surface area contributed by atoms with Crippen molar-refractivity contribution in [3.63, 3.8) is 0 Å². The van der Waals surface area contributed by atoms with Gasteiger partial charge in [0.2, 0.25) is 0 Å². The monoisotopic (exact) mass is 887 g/mol. The topological polar surface area (TPSA) is 246 Å². The minimum atomic E-state index is -4.88. The molecule has 0 aromatic heterocycles. The van der Waals surface area contributed by atoms with Gasteiger partial charge in [-0.25, -0.2) is 4.99 Å². The van der Waals surface area contributed by atoms with Crippen LogP contribution in [-0.2, 0) is 20.2 Å². The van der Waals surface area contributed by atoms with Gasteiger partial charge in [-0.2, -0.15) is 16.8 Å². The second kappa shape index (κ2) is 16.3. The van der Waals surface area contributed by atoms with Crippen LogP contribution in [0.5, 0.6) is 28.7 Å². The van der Waals surface area contributed by atoms with E-state index in [9.17, 15) is 35.5 Å². The number of benzene rings is 4. The lowest BCUT2D eigenvalue weighted by Gasteiger charge is -2.26. The van der Waals surface area contributed by atoms with Crippen LogP contribution >= 0.6 is 0 Å². The number of hydrogen-bond acceptors (Lipinski definition) is 14. The predicted molar refractivity (Wildman–Crippen MR) is 228 cm³/mol. The Morgan fingerprint density at radius 3 is 1.89 bits per heavy atom. The van der Waals surface area contributed by atoms with Gasteiger partial charge in [-0.3, -0.25) is 18.7 Å². The van der Waals surface area contributed by atoms with Gasteiger partial charge in [0.05, 0.1) is 69.1 Å². The number of fused-ring (bicyclic) bond motifs is 4. The summed E-state index contributed by atoms with van der Waals surface area (Å²) in [6, 6.07) is 17.5. The number of methoxy groups -OCH3 is 3. The van der Waals surface area contributed by atoms with E-state index >= 15 is 0 Å². The highest BCUT2D eigenvalue weighted by molar-refractivity contribution is 8.01. The number of carbonyl (C=O) groups excluding carboxylic acids is 2. The van der Waals surface area contributed by atoms with Crippen LogP contribution in [0.15, 0.2) is 90.2 Å². The van der Waals surface area contributed by atoms with Crippen LogP contribution in [0.2, 0.25) is 0 Å². The SMILES string of the molecule is COc1ccc(C2=CN3C(=O)c4cc(OC)c(OCCCOc5cc6c(cc5OC)C(=O)N5C=C(c7ccc(N)cc7)C[C@H]5C(S(=O)(=O)O)=N6)cc4N[C@@H](S(=O)(=O)O)C3C2)cc1. The van der Waals surface area contributed by atoms with Crippen LogP contribution in [-0.4, -0.2) is 105 Å². The Bertz CT molecular complexity index is 2790. The standard InChI is InChI=1S/C42H41N5O13S2/c1-56-28-11-7-24(8-12-28)26-16-34-40(62(53,54)55)45-32-20-38(36(58-3)18-30(32)42(49)47(34)22-26)60-14-4-13-59-37-19-31-29(17-35(37)57-2)41(48)46-21-25(23-5-9-27(43)10-6-23)15-33(46)39(44-31)61(50,51)52/h5-12,17-22,33-34,40,45H,4,13-16,43H2,1-3H3,(H,50,51,52)(H,53,54,55)/t33-,34?,40-/m0/s1. The Balaban J connectivity index is 0.989. The zero-order valence-electron chi connectivity index (χ0n) is 33.5. The fourth-order valence-corrected chi connectivity index (χ4v) is 9.53. The Hall–Kier alpha value is -6.61. The highest BCUT2D eigenvalue weighted by Gasteiger charge is 2.46. The number of anilines is 2. The summed E-state index contributed by atoms with van der Waals surface area (Å²) in [6.07, 6.45) is 3.56. The summed E-state index contributed by atoms with van der Waals surface area (Å²) in [5.41, 5.74) is 9.32. The Labute approximate surface area is 356 Å². The lowest BCUT2D eigenvalue weighted by molar-refractivity contribution is 0.0788. The maximum Gasteiger partial charge on any atom is 0.310 e. The summed E-state index contributed by atoms with van der Waals surface area (Å²) in [6.45, 7) is 0.0539. The molecular weight excluding hydrogens is 847 g/mol. The molecule has 18 nitrogen and oxygen atoms in total. The van der Waals surface area contributed by atoms with E-state index in [4.69, 9.17) is 29.4 Å². The third-order valence-corrected chi connectivity index (χ3v) is 12.9. The average molecular weight is 888 g/mol. The van der Waals surface area contributed by atoms with Gasteiger partial charge in [-0.15, -0.1) is 0 Å². The minimum Gasteiger partial charge on any atom is -0.497 e. The molecule has 1 unspecified atom stereocenters. The number of nitrogens with one attached hydrogen (secondary N) is 1. The van der Waals surface area contributed by atoms with Gasteiger partial charge in [0, 0.05) is 43.1 Å². The molecule has 324 valence electrons. The number of nitrogens with zero attached hydrogens (tertiary/aromatic N) is 3. The summed E-state index contributed by atoms with van der Waals surface area (Å²) in [5.74, 6) is 0.174. The van der Waals surface area contributed by atoms with Crippen molar-refractivity contribution >= 4 is 65.3 Å². The third-order valence-electron chi connectivity index (χ3n) is 10.9. The zero-order valence-corrected chi connectivity index (χ0v) is 35.1. The lowest BCUT2D eigenvalue weighted by atomic mass is 10.0. The van der Waals surface area contributed by atoms with E-state index in [0.717, 1.165) is 11.1 Å². The van der Waals surface area contributed by atoms with Crippen molar-refractivity contribution < 1.29 is 59.2 Å². The zero-order chi connectivity index (χ0) is 44.1. The summed E-state index contributed by atoms with van der Waals surface area (Å²) in [4.78, 5) is 34.7. The molecule has 0 saturated heterocycles. The van der Waals surface area contributed by atoms with Gasteiger partial charge in [0.1, 0.15) is 5.75 Å². The maximum atomic E-state index is 14.0. The molecule has 4 aromatic carbocycles. The third kappa shape index (κ3) is 7.99. The van der Waals surface area contributed by atoms with E-state index in [0.29, 0.717) is 22.6 Å². The molecule has 8 rings (SSSR count). The van der Waals surface area contributed by atoms with Crippen LogP contribution in [0.1, 0.15) is 51.1 Å². The number of ether oxygens (including phenoxy) is 5. The summed E-state index contributed by atoms with van der Waals surface area (Å²) in [5, 5.41) is 0.666. The molecule has 5 N–H and O–H groups in total. The first kappa shape index (κ1) is 42.1. The molecule has 4 heterocycles. The van der Waals surface area contributed by atoms with E-state index in [2.05, 4.69) is 10.3 Å². The van der Waals surface area contributed by atoms with Gasteiger partial charge in [0.25, 0.3) is 21.9 Å². The molecule has 0 bridgehead atoms. The smallest absolute Gasteiger partial charge is 0.310 e. The first-order valence-corrected chi connectivity index (χ1v) is 22.1. The number of nitrogens with two attached hydrogens (primary N) is 1. The van der Waals surface area contributed by atoms with E-state index in [-0.39, 0.29) is 78.0 Å². The fourth-order valence-electron chi connectivity index (χ4n) is 7.87. The molecule has 4 aromatic rings. The van der Waals surface area contributed by atoms with Crippen molar-refractivity contribution in [1.29, 1.82) is 0 Å². The molecule has 4 aliphatic rings. The Morgan fingerprint density at radius 2 is 1.29 bits per heavy atom. The van der Waals surface area contributed by atoms with Gasteiger partial charge in [-0.1, -0.05) is 24.3 Å². The number of rotatable bonds is 12. The quantitative estimate of drug-likeness (QED) is 0.0809. The molecule has 0 saturated carbocycles. The molecule has 62 heavy (non-hydrogen) atoms. The summed E-state index contributed by atoms with van der Waals surface area (Å²) < 4.78 is 100.0. The van der Waals surface area contributed by atoms with Gasteiger partial charge >= 0.3 is 10.1 Å². The summed E-state index contributed by atoms with van der Waals surface area (Å²) >= 11 is 0. The van der Waals surface area contributed by atoms with Gasteiger partial charge in [-0.05, 0) is 65.1 Å². The van der Waals surface area contributed by atoms with Crippen LogP contribution in [0.25, 0.3) is 11.1 Å². The minimum absolute atomic E-state index is 0.0174. The highest BCUT2D eigenvalue weighted by atomic mass is 32.2. The lowest BCUT2D eigenvalue weighted by Crippen LogP contribution is -2.46. The van der Waals surface area contributed by atoms with Crippen molar-refractivity contribution in [2.75, 3.05) is 45.6 Å². The van der Waals surface area contributed by atoms with Crippen molar-refractivity contribution in [3.8, 4) is 28.7 Å². The van der Waals surface area contributed by atoms with E-state index in [1.54, 1.807) is 54.7 Å². The second-order valence-corrected chi connectivity index (χ2v) is 17.6. The number of amides is 2. The number of hydrogen-bond donors (Lipinski definition) is 4. The molecule has 20 heteroatoms. The molecule has 3 atom stereocenters. The molecule has 0 aliphatic carbocycles. The molecule has 0 radical (unpaired) electrons. The van der Waals surface area contributed by atoms with E-state index in [1.807, 2.05) is 0 Å². The van der Waals surface area contributed by atoms with Crippen molar-refractivity contribution in [2.45, 2.75) is 36.7 Å². The first-order valence-electron chi connectivity index (χ1n) is 19.1. The van der Waals surface area contributed by atoms with E-state index < -0.39 is 54.6 Å². The summed E-state index contributed by atoms with van der Waals surface area (Å²) in [7, 11) is -5.32. The molecule has 0 fully saturated rings. The van der Waals surface area contributed by atoms with Crippen LogP contribution < -0.4 is 34.7 Å². The van der Waals surface area contributed by atoms with Crippen LogP contribution in [0, 0.1) is 0 Å². The first-order chi connectivity index (χ1) is 29.6. The molecule has 2 amide bonds. The van der Waals surface area contributed by atoms with Crippen LogP contribution in [0.4, 0.5) is 17.1 Å². The number of carbonyl (C=O) groups is 2. The number of nitrogen functional groups attached to an aromatic ring is 1. The number of aliphatic imine (C=N–C) groups is 1. The Kier molecular flexibility index (Phi) is 11.1. The second-order valence-electron chi connectivity index (χ2n) is 14.7. The maximum absolute atomic E-state index is 14.0. The average Bonchev–Trinajstić information content (AvgIpc) is 3.84. The van der Waals surface area contributed by atoms with Crippen LogP contribution in [0.3, 0.4) is 0 Å². The molecule has 0 spiro atoms. The van der Waals surface area contributed by atoms with Crippen molar-refractivity contribution in [1.82, 2.24) is 9.80 Å². The van der Waals surface area contributed by atoms with Gasteiger partial charge in [0.15, 0.2) is 33.4 Å².